The molecule has 4 bridgehead atoms. The van der Waals surface area contributed by atoms with Crippen LogP contribution in [0.1, 0.15) is 71.1 Å². The molecule has 3 heteroatoms. The monoisotopic (exact) mass is 290 g/mol. The lowest BCUT2D eigenvalue weighted by Gasteiger charge is -2.59. The second-order valence-corrected chi connectivity index (χ2v) is 8.84. The van der Waals surface area contributed by atoms with Crippen LogP contribution in [0, 0.1) is 23.2 Å². The summed E-state index contributed by atoms with van der Waals surface area (Å²) in [6.07, 6.45) is 12.4. The normalized spacial score (nSPS) is 44.8. The lowest BCUT2D eigenvalue weighted by molar-refractivity contribution is -0.130. The van der Waals surface area contributed by atoms with Gasteiger partial charge >= 0.3 is 0 Å². The van der Waals surface area contributed by atoms with Crippen molar-refractivity contribution in [3.8, 4) is 0 Å². The van der Waals surface area contributed by atoms with Gasteiger partial charge in [0.05, 0.1) is 5.54 Å². The summed E-state index contributed by atoms with van der Waals surface area (Å²) in [5.41, 5.74) is 6.15. The predicted octanol–water partition coefficient (Wildman–Crippen LogP) is 2.98. The number of amides is 1. The zero-order valence-electron chi connectivity index (χ0n) is 13.4. The molecule has 1 amide bonds. The van der Waals surface area contributed by atoms with Crippen molar-refractivity contribution in [1.29, 1.82) is 0 Å². The molecule has 1 unspecified atom stereocenters. The Labute approximate surface area is 128 Å². The summed E-state index contributed by atoms with van der Waals surface area (Å²) in [6, 6.07) is 0.305. The minimum absolute atomic E-state index is 0.128. The molecule has 5 saturated carbocycles. The van der Waals surface area contributed by atoms with Crippen molar-refractivity contribution in [2.75, 3.05) is 0 Å². The largest absolute Gasteiger partial charge is 0.351 e. The maximum atomic E-state index is 12.6. The van der Waals surface area contributed by atoms with Gasteiger partial charge < -0.3 is 11.1 Å². The number of hydrogen-bond acceptors (Lipinski definition) is 2. The first kappa shape index (κ1) is 14.0. The van der Waals surface area contributed by atoms with E-state index in [4.69, 9.17) is 5.73 Å². The summed E-state index contributed by atoms with van der Waals surface area (Å²) < 4.78 is 0. The van der Waals surface area contributed by atoms with E-state index in [1.54, 1.807) is 0 Å². The third-order valence-corrected chi connectivity index (χ3v) is 7.30. The molecule has 0 spiro atoms. The zero-order chi connectivity index (χ0) is 14.7. The predicted molar refractivity (Wildman–Crippen MR) is 83.6 cm³/mol. The standard InChI is InChI=1S/C18H30N2O/c1-12(20-16(21)18(19)4-2-3-5-18)17-9-13-6-14(10-17)8-15(7-13)11-17/h12-15H,2-11,19H2,1H3,(H,20,21). The van der Waals surface area contributed by atoms with E-state index in [-0.39, 0.29) is 5.91 Å². The molecule has 5 rings (SSSR count). The second-order valence-electron chi connectivity index (χ2n) is 8.84. The van der Waals surface area contributed by atoms with Gasteiger partial charge in [-0.1, -0.05) is 12.8 Å². The topological polar surface area (TPSA) is 55.1 Å². The lowest BCUT2D eigenvalue weighted by atomic mass is 9.48. The molecule has 0 aliphatic heterocycles. The molecule has 0 aromatic heterocycles. The van der Waals surface area contributed by atoms with Crippen LogP contribution in [0.2, 0.25) is 0 Å². The fourth-order valence-corrected chi connectivity index (χ4v) is 6.43. The molecule has 1 atom stereocenters. The van der Waals surface area contributed by atoms with Crippen molar-refractivity contribution >= 4 is 5.91 Å². The van der Waals surface area contributed by atoms with Crippen LogP contribution in [0.15, 0.2) is 0 Å². The highest BCUT2D eigenvalue weighted by molar-refractivity contribution is 5.86. The Bertz CT molecular complexity index is 403. The molecule has 3 N–H and O–H groups in total. The number of hydrogen-bond donors (Lipinski definition) is 2. The summed E-state index contributed by atoms with van der Waals surface area (Å²) in [6.45, 7) is 2.25. The molecule has 118 valence electrons. The summed E-state index contributed by atoms with van der Waals surface area (Å²) in [4.78, 5) is 12.6. The molecular formula is C18H30N2O. The van der Waals surface area contributed by atoms with Crippen molar-refractivity contribution in [2.45, 2.75) is 82.7 Å². The van der Waals surface area contributed by atoms with Crippen LogP contribution in [-0.4, -0.2) is 17.5 Å². The molecule has 0 saturated heterocycles. The fraction of sp³-hybridized carbons (Fsp3) is 0.944. The first-order valence-electron chi connectivity index (χ1n) is 9.09. The average molecular weight is 290 g/mol. The number of nitrogens with one attached hydrogen (secondary N) is 1. The molecule has 5 fully saturated rings. The van der Waals surface area contributed by atoms with Crippen LogP contribution in [0.4, 0.5) is 0 Å². The maximum Gasteiger partial charge on any atom is 0.240 e. The number of nitrogens with two attached hydrogens (primary N) is 1. The first-order chi connectivity index (χ1) is 9.99. The van der Waals surface area contributed by atoms with E-state index in [1.807, 2.05) is 0 Å². The second kappa shape index (κ2) is 4.71. The summed E-state index contributed by atoms with van der Waals surface area (Å²) >= 11 is 0. The van der Waals surface area contributed by atoms with Crippen molar-refractivity contribution in [3.05, 3.63) is 0 Å². The van der Waals surface area contributed by atoms with E-state index in [0.29, 0.717) is 11.5 Å². The smallest absolute Gasteiger partial charge is 0.240 e. The van der Waals surface area contributed by atoms with Crippen molar-refractivity contribution in [2.24, 2.45) is 28.9 Å². The minimum Gasteiger partial charge on any atom is -0.351 e. The van der Waals surface area contributed by atoms with E-state index in [9.17, 15) is 4.79 Å². The molecule has 3 nitrogen and oxygen atoms in total. The Balaban J connectivity index is 1.47. The third kappa shape index (κ3) is 2.23. The Hall–Kier alpha value is -0.570. The van der Waals surface area contributed by atoms with Gasteiger partial charge in [0, 0.05) is 6.04 Å². The lowest BCUT2D eigenvalue weighted by Crippen LogP contribution is -2.60. The molecule has 21 heavy (non-hydrogen) atoms. The summed E-state index contributed by atoms with van der Waals surface area (Å²) in [7, 11) is 0. The molecule has 0 aromatic carbocycles. The van der Waals surface area contributed by atoms with Crippen molar-refractivity contribution < 1.29 is 4.79 Å². The van der Waals surface area contributed by atoms with Gasteiger partial charge in [-0.3, -0.25) is 4.79 Å². The molecule has 0 radical (unpaired) electrons. The van der Waals surface area contributed by atoms with E-state index in [0.717, 1.165) is 43.4 Å². The van der Waals surface area contributed by atoms with Crippen LogP contribution in [-0.2, 0) is 4.79 Å². The highest BCUT2D eigenvalue weighted by atomic mass is 16.2. The zero-order valence-corrected chi connectivity index (χ0v) is 13.4. The quantitative estimate of drug-likeness (QED) is 0.839. The number of carbonyl (C=O) groups is 1. The van der Waals surface area contributed by atoms with Crippen molar-refractivity contribution in [1.82, 2.24) is 5.32 Å². The Morgan fingerprint density at radius 3 is 2.00 bits per heavy atom. The van der Waals surface area contributed by atoms with Gasteiger partial charge in [-0.25, -0.2) is 0 Å². The van der Waals surface area contributed by atoms with Gasteiger partial charge in [0.1, 0.15) is 0 Å². The van der Waals surface area contributed by atoms with Crippen LogP contribution >= 0.6 is 0 Å². The highest BCUT2D eigenvalue weighted by Crippen LogP contribution is 2.61. The van der Waals surface area contributed by atoms with E-state index >= 15 is 0 Å². The van der Waals surface area contributed by atoms with Gasteiger partial charge in [-0.05, 0) is 81.5 Å². The van der Waals surface area contributed by atoms with Crippen LogP contribution in [0.5, 0.6) is 0 Å². The van der Waals surface area contributed by atoms with Gasteiger partial charge in [-0.15, -0.1) is 0 Å². The van der Waals surface area contributed by atoms with Gasteiger partial charge in [0.25, 0.3) is 0 Å². The minimum atomic E-state index is -0.573. The van der Waals surface area contributed by atoms with Crippen LogP contribution in [0.25, 0.3) is 0 Å². The van der Waals surface area contributed by atoms with Gasteiger partial charge in [0.2, 0.25) is 5.91 Å². The SMILES string of the molecule is CC(NC(=O)C1(N)CCCC1)C12CC3CC(CC(C3)C1)C2. The van der Waals surface area contributed by atoms with Gasteiger partial charge in [-0.2, -0.15) is 0 Å². The maximum absolute atomic E-state index is 12.6. The van der Waals surface area contributed by atoms with Gasteiger partial charge in [0.15, 0.2) is 0 Å². The first-order valence-corrected chi connectivity index (χ1v) is 9.09. The third-order valence-electron chi connectivity index (χ3n) is 7.30. The van der Waals surface area contributed by atoms with E-state index < -0.39 is 5.54 Å². The molecular weight excluding hydrogens is 260 g/mol. The molecule has 0 heterocycles. The molecule has 5 aliphatic carbocycles. The number of rotatable bonds is 3. The van der Waals surface area contributed by atoms with E-state index in [2.05, 4.69) is 12.2 Å². The summed E-state index contributed by atoms with van der Waals surface area (Å²) in [5.74, 6) is 2.94. The van der Waals surface area contributed by atoms with Crippen LogP contribution in [0.3, 0.4) is 0 Å². The Morgan fingerprint density at radius 1 is 1.05 bits per heavy atom. The Morgan fingerprint density at radius 2 is 1.52 bits per heavy atom. The number of carbonyl (C=O) groups excluding carboxylic acids is 1. The fourth-order valence-electron chi connectivity index (χ4n) is 6.43. The average Bonchev–Trinajstić information content (AvgIpc) is 2.85. The Kier molecular flexibility index (Phi) is 3.15. The highest BCUT2D eigenvalue weighted by Gasteiger charge is 2.54. The molecule has 0 aromatic rings. The van der Waals surface area contributed by atoms with Crippen molar-refractivity contribution in [3.63, 3.8) is 0 Å². The molecule has 5 aliphatic rings. The summed E-state index contributed by atoms with van der Waals surface area (Å²) in [5, 5.41) is 3.36. The van der Waals surface area contributed by atoms with Crippen LogP contribution < -0.4 is 11.1 Å². The van der Waals surface area contributed by atoms with E-state index in [1.165, 1.54) is 38.5 Å².